The van der Waals surface area contributed by atoms with Crippen LogP contribution in [0.25, 0.3) is 0 Å². The third-order valence-corrected chi connectivity index (χ3v) is 6.76. The average Bonchev–Trinajstić information content (AvgIpc) is 2.97. The van der Waals surface area contributed by atoms with Gasteiger partial charge in [0, 0.05) is 24.2 Å². The minimum atomic E-state index is -3.01. The van der Waals surface area contributed by atoms with Gasteiger partial charge in [-0.25, -0.2) is 12.8 Å². The van der Waals surface area contributed by atoms with Crippen LogP contribution in [0.1, 0.15) is 17.5 Å². The molecule has 2 aromatic carbocycles. The van der Waals surface area contributed by atoms with Crippen molar-refractivity contribution in [3.05, 3.63) is 64.4 Å². The summed E-state index contributed by atoms with van der Waals surface area (Å²) in [7, 11) is -1.39. The zero-order chi connectivity index (χ0) is 18.7. The zero-order valence-corrected chi connectivity index (χ0v) is 16.1. The summed E-state index contributed by atoms with van der Waals surface area (Å²) in [5.41, 5.74) is 1.83. The second kappa shape index (κ2) is 7.94. The van der Waals surface area contributed by atoms with Crippen LogP contribution in [0.15, 0.2) is 42.5 Å². The van der Waals surface area contributed by atoms with Crippen molar-refractivity contribution in [3.8, 4) is 5.75 Å². The molecule has 0 unspecified atom stereocenters. The lowest BCUT2D eigenvalue weighted by Gasteiger charge is -2.28. The molecule has 0 aliphatic carbocycles. The van der Waals surface area contributed by atoms with Crippen molar-refractivity contribution < 1.29 is 17.5 Å². The standard InChI is InChI=1S/C19H21ClFNO3S/c1-25-18-6-2-14(3-7-18)11-22(17-8-9-26(23,24)13-17)12-15-4-5-16(21)10-19(15)20/h2-7,10,17H,8-9,11-13H2,1H3/t17-/m0/s1. The van der Waals surface area contributed by atoms with Crippen molar-refractivity contribution in [2.75, 3.05) is 18.6 Å². The minimum absolute atomic E-state index is 0.0804. The Morgan fingerprint density at radius 1 is 1.19 bits per heavy atom. The Bertz CT molecular complexity index is 871. The summed E-state index contributed by atoms with van der Waals surface area (Å²) >= 11 is 6.18. The lowest BCUT2D eigenvalue weighted by atomic mass is 10.1. The van der Waals surface area contributed by atoms with Crippen LogP contribution in [-0.4, -0.2) is 38.0 Å². The lowest BCUT2D eigenvalue weighted by Crippen LogP contribution is -2.35. The molecule has 0 spiro atoms. The molecule has 1 aliphatic rings. The number of hydrogen-bond acceptors (Lipinski definition) is 4. The van der Waals surface area contributed by atoms with Gasteiger partial charge in [0.05, 0.1) is 18.6 Å². The van der Waals surface area contributed by atoms with Gasteiger partial charge in [0.25, 0.3) is 0 Å². The van der Waals surface area contributed by atoms with Crippen LogP contribution in [0.2, 0.25) is 5.02 Å². The maximum Gasteiger partial charge on any atom is 0.151 e. The van der Waals surface area contributed by atoms with Crippen LogP contribution >= 0.6 is 11.6 Å². The van der Waals surface area contributed by atoms with Crippen LogP contribution in [-0.2, 0) is 22.9 Å². The summed E-state index contributed by atoms with van der Waals surface area (Å²) in [6.45, 7) is 1.04. The van der Waals surface area contributed by atoms with Gasteiger partial charge in [0.1, 0.15) is 11.6 Å². The summed E-state index contributed by atoms with van der Waals surface area (Å²) in [5.74, 6) is 0.727. The van der Waals surface area contributed by atoms with E-state index < -0.39 is 9.84 Å². The highest BCUT2D eigenvalue weighted by Crippen LogP contribution is 2.26. The molecule has 0 radical (unpaired) electrons. The number of sulfone groups is 1. The summed E-state index contributed by atoms with van der Waals surface area (Å²) in [5, 5.41) is 0.352. The van der Waals surface area contributed by atoms with Crippen molar-refractivity contribution in [2.45, 2.75) is 25.6 Å². The molecule has 1 fully saturated rings. The van der Waals surface area contributed by atoms with E-state index in [4.69, 9.17) is 16.3 Å². The fourth-order valence-electron chi connectivity index (χ4n) is 3.21. The van der Waals surface area contributed by atoms with Crippen LogP contribution < -0.4 is 4.74 Å². The van der Waals surface area contributed by atoms with Crippen molar-refractivity contribution in [2.24, 2.45) is 0 Å². The molecule has 2 aromatic rings. The summed E-state index contributed by atoms with van der Waals surface area (Å²) in [6.07, 6.45) is 0.595. The van der Waals surface area contributed by atoms with Crippen molar-refractivity contribution in [1.29, 1.82) is 0 Å². The highest BCUT2D eigenvalue weighted by molar-refractivity contribution is 7.91. The number of halogens is 2. The van der Waals surface area contributed by atoms with E-state index in [0.29, 0.717) is 24.5 Å². The highest BCUT2D eigenvalue weighted by atomic mass is 35.5. The molecular weight excluding hydrogens is 377 g/mol. The molecule has 140 valence electrons. The van der Waals surface area contributed by atoms with E-state index in [1.54, 1.807) is 13.2 Å². The number of methoxy groups -OCH3 is 1. The minimum Gasteiger partial charge on any atom is -0.497 e. The second-order valence-corrected chi connectivity index (χ2v) is 9.18. The Labute approximate surface area is 158 Å². The van der Waals surface area contributed by atoms with Gasteiger partial charge in [-0.1, -0.05) is 29.8 Å². The van der Waals surface area contributed by atoms with E-state index in [1.807, 2.05) is 24.3 Å². The van der Waals surface area contributed by atoms with Crippen molar-refractivity contribution in [1.82, 2.24) is 4.90 Å². The van der Waals surface area contributed by atoms with Gasteiger partial charge < -0.3 is 4.74 Å². The summed E-state index contributed by atoms with van der Waals surface area (Å²) in [6, 6.07) is 11.9. The molecule has 7 heteroatoms. The van der Waals surface area contributed by atoms with Gasteiger partial charge in [0.15, 0.2) is 9.84 Å². The van der Waals surface area contributed by atoms with Gasteiger partial charge >= 0.3 is 0 Å². The molecule has 1 heterocycles. The van der Waals surface area contributed by atoms with E-state index in [0.717, 1.165) is 16.9 Å². The maximum absolute atomic E-state index is 13.3. The van der Waals surface area contributed by atoms with Crippen LogP contribution in [0.5, 0.6) is 5.75 Å². The van der Waals surface area contributed by atoms with Gasteiger partial charge in [-0.2, -0.15) is 0 Å². The first kappa shape index (κ1) is 19.1. The molecule has 0 aromatic heterocycles. The van der Waals surface area contributed by atoms with Gasteiger partial charge in [-0.15, -0.1) is 0 Å². The number of hydrogen-bond donors (Lipinski definition) is 0. The summed E-state index contributed by atoms with van der Waals surface area (Å²) < 4.78 is 42.3. The molecule has 1 aliphatic heterocycles. The highest BCUT2D eigenvalue weighted by Gasteiger charge is 2.32. The molecule has 3 rings (SSSR count). The fraction of sp³-hybridized carbons (Fsp3) is 0.368. The molecule has 0 saturated carbocycles. The molecule has 0 bridgehead atoms. The zero-order valence-electron chi connectivity index (χ0n) is 14.5. The Hall–Kier alpha value is -1.63. The van der Waals surface area contributed by atoms with Crippen molar-refractivity contribution in [3.63, 3.8) is 0 Å². The van der Waals surface area contributed by atoms with E-state index in [9.17, 15) is 12.8 Å². The number of rotatable bonds is 6. The lowest BCUT2D eigenvalue weighted by molar-refractivity contribution is 0.194. The van der Waals surface area contributed by atoms with Gasteiger partial charge in [-0.3, -0.25) is 4.90 Å². The Kier molecular flexibility index (Phi) is 5.85. The SMILES string of the molecule is COc1ccc(CN(Cc2ccc(F)cc2Cl)[C@H]2CCS(=O)(=O)C2)cc1. The molecule has 1 saturated heterocycles. The van der Waals surface area contributed by atoms with E-state index in [1.165, 1.54) is 12.1 Å². The topological polar surface area (TPSA) is 46.6 Å². The Morgan fingerprint density at radius 3 is 2.50 bits per heavy atom. The number of benzene rings is 2. The molecule has 1 atom stereocenters. The first-order valence-corrected chi connectivity index (χ1v) is 10.6. The number of ether oxygens (including phenoxy) is 1. The molecule has 26 heavy (non-hydrogen) atoms. The number of nitrogens with zero attached hydrogens (tertiary/aromatic N) is 1. The van der Waals surface area contributed by atoms with Crippen LogP contribution in [0.4, 0.5) is 4.39 Å². The Morgan fingerprint density at radius 2 is 1.92 bits per heavy atom. The smallest absolute Gasteiger partial charge is 0.151 e. The van der Waals surface area contributed by atoms with Gasteiger partial charge in [-0.05, 0) is 41.8 Å². The molecule has 0 N–H and O–H groups in total. The largest absolute Gasteiger partial charge is 0.497 e. The molecule has 0 amide bonds. The van der Waals surface area contributed by atoms with Crippen LogP contribution in [0.3, 0.4) is 0 Å². The maximum atomic E-state index is 13.3. The van der Waals surface area contributed by atoms with Crippen LogP contribution in [0, 0.1) is 5.82 Å². The molecule has 4 nitrogen and oxygen atoms in total. The van der Waals surface area contributed by atoms with E-state index in [-0.39, 0.29) is 23.4 Å². The summed E-state index contributed by atoms with van der Waals surface area (Å²) in [4.78, 5) is 2.10. The monoisotopic (exact) mass is 397 g/mol. The predicted molar refractivity (Wildman–Crippen MR) is 101 cm³/mol. The van der Waals surface area contributed by atoms with E-state index >= 15 is 0 Å². The third kappa shape index (κ3) is 4.75. The quantitative estimate of drug-likeness (QED) is 0.746. The first-order chi connectivity index (χ1) is 12.4. The van der Waals surface area contributed by atoms with Gasteiger partial charge in [0.2, 0.25) is 0 Å². The fourth-order valence-corrected chi connectivity index (χ4v) is 5.20. The molecular formula is C19H21ClFNO3S. The van der Waals surface area contributed by atoms with E-state index in [2.05, 4.69) is 4.90 Å². The predicted octanol–water partition coefficient (Wildman–Crippen LogP) is 3.68. The first-order valence-electron chi connectivity index (χ1n) is 8.37. The average molecular weight is 398 g/mol. The van der Waals surface area contributed by atoms with Crippen molar-refractivity contribution >= 4 is 21.4 Å². The second-order valence-electron chi connectivity index (χ2n) is 6.55. The normalized spacial score (nSPS) is 19.0. The Balaban J connectivity index is 1.83. The third-order valence-electron chi connectivity index (χ3n) is 4.66.